The molecule has 81 heavy (non-hydrogen) atoms. The first kappa shape index (κ1) is 65.6. The van der Waals surface area contributed by atoms with Crippen molar-refractivity contribution in [1.82, 2.24) is 0 Å². The number of aliphatic hydroxyl groups is 19. The lowest BCUT2D eigenvalue weighted by Gasteiger charge is -2.50. The molecule has 35 heteroatoms. The minimum atomic E-state index is -2.20. The van der Waals surface area contributed by atoms with Gasteiger partial charge in [0.05, 0.1) is 46.2 Å². The molecule has 35 nitrogen and oxygen atoms in total. The Morgan fingerprint density at radius 1 is 0.247 bits per heavy atom. The second-order valence-corrected chi connectivity index (χ2v) is 20.6. The minimum absolute atomic E-state index is 0.0639. The van der Waals surface area contributed by atoms with Gasteiger partial charge >= 0.3 is 0 Å². The number of ether oxygens (including phenoxy) is 16. The van der Waals surface area contributed by atoms with Crippen LogP contribution in [0.3, 0.4) is 0 Å². The van der Waals surface area contributed by atoms with Gasteiger partial charge in [0.15, 0.2) is 44.0 Å². The fraction of sp³-hybridized carbons (Fsp3) is 1.00. The van der Waals surface area contributed by atoms with Crippen molar-refractivity contribution in [3.8, 4) is 0 Å². The van der Waals surface area contributed by atoms with Crippen molar-refractivity contribution in [2.45, 2.75) is 229 Å². The van der Waals surface area contributed by atoms with Crippen LogP contribution in [0.5, 0.6) is 0 Å². The lowest BCUT2D eigenvalue weighted by Crippen LogP contribution is -2.68. The topological polar surface area (TPSA) is 532 Å². The summed E-state index contributed by atoms with van der Waals surface area (Å²) in [5, 5.41) is 212. The minimum Gasteiger partial charge on any atom is -0.394 e. The molecule has 0 unspecified atom stereocenters. The van der Waals surface area contributed by atoms with Crippen molar-refractivity contribution >= 4 is 0 Å². The average Bonchev–Trinajstić information content (AvgIpc) is 3.48. The maximum Gasteiger partial charge on any atom is 0.187 e. The van der Waals surface area contributed by atoms with E-state index < -0.39 is 261 Å². The molecule has 19 N–H and O–H groups in total. The summed E-state index contributed by atoms with van der Waals surface area (Å²) < 4.78 is 93.1. The van der Waals surface area contributed by atoms with Gasteiger partial charge in [-0.05, 0) is 13.8 Å². The largest absolute Gasteiger partial charge is 0.394 e. The highest BCUT2D eigenvalue weighted by atomic mass is 16.8. The molecule has 0 aromatic heterocycles. The van der Waals surface area contributed by atoms with Crippen LogP contribution in [0.1, 0.15) is 13.8 Å². The van der Waals surface area contributed by atoms with Gasteiger partial charge in [-0.3, -0.25) is 0 Å². The fourth-order valence-corrected chi connectivity index (χ4v) is 11.0. The van der Waals surface area contributed by atoms with Crippen molar-refractivity contribution < 1.29 is 173 Å². The van der Waals surface area contributed by atoms with Gasteiger partial charge in [-0.1, -0.05) is 0 Å². The Kier molecular flexibility index (Phi) is 23.2. The summed E-state index contributed by atoms with van der Waals surface area (Å²) in [7, 11) is 0. The van der Waals surface area contributed by atoms with E-state index in [1.807, 2.05) is 0 Å². The molecule has 35 atom stereocenters. The quantitative estimate of drug-likeness (QED) is 0.0913. The monoisotopic (exact) mass is 1190 g/mol. The van der Waals surface area contributed by atoms with Gasteiger partial charge in [-0.15, -0.1) is 0 Å². The molecule has 0 radical (unpaired) electrons. The van der Waals surface area contributed by atoms with Crippen LogP contribution in [0.25, 0.3) is 0 Å². The summed E-state index contributed by atoms with van der Waals surface area (Å²) in [6, 6.07) is 0. The summed E-state index contributed by atoms with van der Waals surface area (Å²) in [5.41, 5.74) is 0. The average molecular weight is 1190 g/mol. The molecule has 21 aliphatic rings. The molecule has 21 saturated heterocycles. The molecule has 21 fully saturated rings. The Bertz CT molecular complexity index is 1890. The summed E-state index contributed by atoms with van der Waals surface area (Å²) in [4.78, 5) is 0. The van der Waals surface area contributed by atoms with Gasteiger partial charge in [0.25, 0.3) is 0 Å². The van der Waals surface area contributed by atoms with Gasteiger partial charge in [0, 0.05) is 13.2 Å². The Labute approximate surface area is 460 Å². The number of hydrogen-bond acceptors (Lipinski definition) is 35. The van der Waals surface area contributed by atoms with Gasteiger partial charge < -0.3 is 173 Å². The van der Waals surface area contributed by atoms with E-state index >= 15 is 0 Å². The van der Waals surface area contributed by atoms with Crippen molar-refractivity contribution in [3.63, 3.8) is 0 Å². The first-order chi connectivity index (χ1) is 38.7. The van der Waals surface area contributed by atoms with Crippen LogP contribution in [-0.2, 0) is 75.8 Å². The Hall–Kier alpha value is -1.40. The van der Waals surface area contributed by atoms with E-state index in [2.05, 4.69) is 0 Å². The van der Waals surface area contributed by atoms with Gasteiger partial charge in [-0.25, -0.2) is 0 Å². The van der Waals surface area contributed by atoms with Crippen molar-refractivity contribution in [2.24, 2.45) is 0 Å². The molecular formula is C46H78O35. The van der Waals surface area contributed by atoms with E-state index in [4.69, 9.17) is 75.8 Å². The zero-order chi connectivity index (χ0) is 58.9. The highest BCUT2D eigenvalue weighted by Gasteiger charge is 2.60. The predicted octanol–water partition coefficient (Wildman–Crippen LogP) is -13.1. The lowest BCUT2D eigenvalue weighted by molar-refractivity contribution is -0.398. The highest BCUT2D eigenvalue weighted by Crippen LogP contribution is 2.39. The molecule has 21 rings (SSSR count). The van der Waals surface area contributed by atoms with Crippen LogP contribution < -0.4 is 0 Å². The molecule has 472 valence electrons. The first-order valence-corrected chi connectivity index (χ1v) is 26.6. The number of hydrogen-bond donors (Lipinski definition) is 19. The summed E-state index contributed by atoms with van der Waals surface area (Å²) >= 11 is 0. The van der Waals surface area contributed by atoms with E-state index in [-0.39, 0.29) is 13.2 Å². The van der Waals surface area contributed by atoms with Crippen LogP contribution in [0.15, 0.2) is 0 Å². The lowest BCUT2D eigenvalue weighted by atomic mass is 9.95. The SMILES string of the molecule is CCOC[C@H]1O[C@@H]2O[C@H]3[C@H](O)[C@@H](O)[C@@H](O[C@H]4[C@H](O)[C@@H](O)[C@@H](O[C@H]5[C@H](O)[C@@H](O)[C@@H](O[C@H]6[C@H](O)[C@@H](O)[C@@H](O[C@H]7[C@H](O)[C@@H](O)[C@@H](O[C@H]8[C@H](O)[C@@H](O)[C@@H](O[C@H]1[C@H](O)[C@H]2OCC)O[C@@H]8CO)O[C@@H]7CO)O[C@@H]6CO)O[C@@H]5CO)O[C@@H]4CO)O[C@@H]3CO. The molecule has 14 bridgehead atoms. The van der Waals surface area contributed by atoms with Gasteiger partial charge in [-0.2, -0.15) is 0 Å². The van der Waals surface area contributed by atoms with E-state index in [1.165, 1.54) is 6.92 Å². The maximum atomic E-state index is 12.0. The normalized spacial score (nSPS) is 53.2. The number of aliphatic hydroxyl groups excluding tert-OH is 19. The van der Waals surface area contributed by atoms with Crippen molar-refractivity contribution in [1.29, 1.82) is 0 Å². The van der Waals surface area contributed by atoms with Gasteiger partial charge in [0.1, 0.15) is 171 Å². The second kappa shape index (κ2) is 28.6. The zero-order valence-corrected chi connectivity index (χ0v) is 43.6. The van der Waals surface area contributed by atoms with E-state index in [1.54, 1.807) is 6.92 Å². The van der Waals surface area contributed by atoms with E-state index in [0.717, 1.165) is 0 Å². The Morgan fingerprint density at radius 3 is 0.667 bits per heavy atom. The van der Waals surface area contributed by atoms with Crippen LogP contribution in [0.4, 0.5) is 0 Å². The number of rotatable bonds is 11. The third-order valence-corrected chi connectivity index (χ3v) is 15.4. The van der Waals surface area contributed by atoms with Crippen molar-refractivity contribution in [3.05, 3.63) is 0 Å². The fourth-order valence-electron chi connectivity index (χ4n) is 11.0. The van der Waals surface area contributed by atoms with E-state index in [0.29, 0.717) is 0 Å². The van der Waals surface area contributed by atoms with Crippen LogP contribution in [0, 0.1) is 0 Å². The maximum absolute atomic E-state index is 12.0. The molecule has 0 spiro atoms. The molecule has 0 aromatic rings. The molecule has 21 aliphatic heterocycles. The smallest absolute Gasteiger partial charge is 0.187 e. The third-order valence-electron chi connectivity index (χ3n) is 15.4. The molecular weight excluding hydrogens is 1110 g/mol. The Morgan fingerprint density at radius 2 is 0.457 bits per heavy atom. The summed E-state index contributed by atoms with van der Waals surface area (Å²) in [5.74, 6) is 0. The predicted molar refractivity (Wildman–Crippen MR) is 247 cm³/mol. The van der Waals surface area contributed by atoms with Crippen LogP contribution in [-0.4, -0.2) is 371 Å². The van der Waals surface area contributed by atoms with Crippen LogP contribution in [0.2, 0.25) is 0 Å². The van der Waals surface area contributed by atoms with Crippen LogP contribution >= 0.6 is 0 Å². The molecule has 0 saturated carbocycles. The third kappa shape index (κ3) is 13.4. The molecule has 0 amide bonds. The summed E-state index contributed by atoms with van der Waals surface area (Å²) in [6.45, 7) is -3.42. The first-order valence-electron chi connectivity index (χ1n) is 26.6. The standard InChI is InChI=1S/C46H78O35/c1-3-66-11-18-38-31(65)39(67-4-2)46(74-18)81-37-17(10-52)73-44(30(64)24(37)58)79-35-15(8-50)71-42(28(62)22(35)56)77-33-13(6-48)69-40(26(60)20(33)54)75-32-12(5-47)68-41(25(59)19(32)53)76-34-14(7-49)70-43(27(61)21(34)55)78-36-16(9-51)72-45(80-38)29(63)23(36)57/h12-65H,3-11H2,1-2H3/t12-,13-,14-,15-,16-,17-,18-,19-,20-,21-,22-,23-,24-,25-,26-,27-,28-,29-,30-,31+,32-,33-,34-,35-,36-,37-,38-,39-,40-,41-,42-,43-,44-,45-,46-/m1/s1. The van der Waals surface area contributed by atoms with Crippen molar-refractivity contribution in [2.75, 3.05) is 59.5 Å². The Balaban J connectivity index is 1.10. The van der Waals surface area contributed by atoms with Gasteiger partial charge in [0.2, 0.25) is 0 Å². The second-order valence-electron chi connectivity index (χ2n) is 20.6. The zero-order valence-electron chi connectivity index (χ0n) is 43.6. The summed E-state index contributed by atoms with van der Waals surface area (Å²) in [6.07, 6.45) is -67.3. The highest BCUT2D eigenvalue weighted by molar-refractivity contribution is 5.02. The molecule has 21 heterocycles. The molecule has 0 aliphatic carbocycles. The van der Waals surface area contributed by atoms with E-state index in [9.17, 15) is 97.0 Å². The molecule has 0 aromatic carbocycles.